The molecular weight excluding hydrogens is 338 g/mol. The van der Waals surface area contributed by atoms with Crippen molar-refractivity contribution in [3.8, 4) is 11.4 Å². The average molecular weight is 362 g/mol. The summed E-state index contributed by atoms with van der Waals surface area (Å²) >= 11 is 0. The van der Waals surface area contributed by atoms with Gasteiger partial charge in [-0.2, -0.15) is 5.10 Å². The van der Waals surface area contributed by atoms with E-state index in [1.54, 1.807) is 0 Å². The number of hydrogen-bond donors (Lipinski definition) is 1. The van der Waals surface area contributed by atoms with E-state index in [0.29, 0.717) is 13.1 Å². The van der Waals surface area contributed by atoms with E-state index < -0.39 is 0 Å². The number of amides is 1. The van der Waals surface area contributed by atoms with Gasteiger partial charge in [-0.05, 0) is 19.4 Å². The van der Waals surface area contributed by atoms with E-state index in [1.807, 2.05) is 39.9 Å². The Labute approximate surface area is 154 Å². The molecule has 7 heteroatoms. The van der Waals surface area contributed by atoms with E-state index in [1.165, 1.54) is 6.42 Å². The second-order valence-electron chi connectivity index (χ2n) is 6.52. The van der Waals surface area contributed by atoms with Crippen molar-refractivity contribution in [3.05, 3.63) is 36.2 Å². The zero-order valence-electron chi connectivity index (χ0n) is 14.2. The number of hydrogen-bond acceptors (Lipinski definition) is 4. The smallest absolute Gasteiger partial charge is 0.239 e. The monoisotopic (exact) mass is 361 g/mol. The third-order valence-electron chi connectivity index (χ3n) is 4.89. The molecule has 0 aliphatic carbocycles. The number of piperidine rings is 1. The van der Waals surface area contributed by atoms with Gasteiger partial charge in [-0.1, -0.05) is 36.8 Å². The standard InChI is InChI=1S/C18H23N5O.ClH/c24-18(15-8-4-5-10-19-15)22-11-9-16-20-17(21-23(16)13-12-22)14-6-2-1-3-7-14;/h1-3,6-7,15,19H,4-5,8-13H2;1H/t15-;/m1./s1. The molecule has 0 bridgehead atoms. The molecule has 1 N–H and O–H groups in total. The minimum Gasteiger partial charge on any atom is -0.339 e. The van der Waals surface area contributed by atoms with Gasteiger partial charge in [0.25, 0.3) is 0 Å². The Morgan fingerprint density at radius 2 is 1.96 bits per heavy atom. The lowest BCUT2D eigenvalue weighted by Gasteiger charge is -2.29. The molecule has 1 aromatic heterocycles. The largest absolute Gasteiger partial charge is 0.339 e. The maximum atomic E-state index is 12.7. The number of rotatable bonds is 2. The van der Waals surface area contributed by atoms with Crippen LogP contribution in [0.15, 0.2) is 30.3 Å². The van der Waals surface area contributed by atoms with Gasteiger partial charge in [-0.3, -0.25) is 4.79 Å². The molecule has 4 rings (SSSR count). The Balaban J connectivity index is 0.00000182. The highest BCUT2D eigenvalue weighted by Crippen LogP contribution is 2.18. The van der Waals surface area contributed by atoms with Crippen LogP contribution < -0.4 is 5.32 Å². The summed E-state index contributed by atoms with van der Waals surface area (Å²) in [6.07, 6.45) is 4.03. The molecular formula is C18H24ClN5O. The molecule has 1 atom stereocenters. The highest BCUT2D eigenvalue weighted by molar-refractivity contribution is 5.85. The Morgan fingerprint density at radius 3 is 2.72 bits per heavy atom. The lowest BCUT2D eigenvalue weighted by atomic mass is 10.0. The molecule has 134 valence electrons. The van der Waals surface area contributed by atoms with E-state index in [2.05, 4.69) is 15.4 Å². The lowest BCUT2D eigenvalue weighted by molar-refractivity contribution is -0.134. The van der Waals surface area contributed by atoms with E-state index >= 15 is 0 Å². The van der Waals surface area contributed by atoms with E-state index in [0.717, 1.165) is 49.6 Å². The maximum absolute atomic E-state index is 12.7. The number of benzene rings is 1. The number of carbonyl (C=O) groups excluding carboxylic acids is 1. The summed E-state index contributed by atoms with van der Waals surface area (Å²) in [5.41, 5.74) is 1.04. The first-order chi connectivity index (χ1) is 11.8. The van der Waals surface area contributed by atoms with Crippen LogP contribution in [0.3, 0.4) is 0 Å². The second-order valence-corrected chi connectivity index (χ2v) is 6.52. The quantitative estimate of drug-likeness (QED) is 0.887. The number of nitrogens with zero attached hydrogens (tertiary/aromatic N) is 4. The van der Waals surface area contributed by atoms with Crippen LogP contribution in [0.4, 0.5) is 0 Å². The zero-order chi connectivity index (χ0) is 16.4. The van der Waals surface area contributed by atoms with Crippen molar-refractivity contribution in [1.29, 1.82) is 0 Å². The predicted octanol–water partition coefficient (Wildman–Crippen LogP) is 1.89. The summed E-state index contributed by atoms with van der Waals surface area (Å²) < 4.78 is 1.96. The number of halogens is 1. The lowest BCUT2D eigenvalue weighted by Crippen LogP contribution is -2.49. The van der Waals surface area contributed by atoms with Gasteiger partial charge in [0, 0.05) is 25.1 Å². The molecule has 1 saturated heterocycles. The van der Waals surface area contributed by atoms with Gasteiger partial charge in [-0.15, -0.1) is 12.4 Å². The number of fused-ring (bicyclic) bond motifs is 1. The van der Waals surface area contributed by atoms with Gasteiger partial charge in [0.1, 0.15) is 5.82 Å². The van der Waals surface area contributed by atoms with Gasteiger partial charge in [0.15, 0.2) is 5.82 Å². The van der Waals surface area contributed by atoms with Crippen molar-refractivity contribution in [2.45, 2.75) is 38.3 Å². The summed E-state index contributed by atoms with van der Waals surface area (Å²) in [5.74, 6) is 1.99. The Morgan fingerprint density at radius 1 is 1.12 bits per heavy atom. The number of aromatic nitrogens is 3. The number of nitrogens with one attached hydrogen (secondary N) is 1. The molecule has 0 saturated carbocycles. The van der Waals surface area contributed by atoms with Gasteiger partial charge >= 0.3 is 0 Å². The van der Waals surface area contributed by atoms with Crippen molar-refractivity contribution < 1.29 is 4.79 Å². The first-order valence-corrected chi connectivity index (χ1v) is 8.82. The fourth-order valence-corrected chi connectivity index (χ4v) is 3.51. The summed E-state index contributed by atoms with van der Waals surface area (Å²) in [7, 11) is 0. The van der Waals surface area contributed by atoms with Gasteiger partial charge in [-0.25, -0.2) is 9.67 Å². The molecule has 1 fully saturated rings. The summed E-state index contributed by atoms with van der Waals surface area (Å²) in [4.78, 5) is 19.3. The van der Waals surface area contributed by atoms with Crippen molar-refractivity contribution in [1.82, 2.24) is 25.0 Å². The Kier molecular flexibility index (Phi) is 5.71. The highest BCUT2D eigenvalue weighted by atomic mass is 35.5. The highest BCUT2D eigenvalue weighted by Gasteiger charge is 2.27. The predicted molar refractivity (Wildman–Crippen MR) is 98.6 cm³/mol. The van der Waals surface area contributed by atoms with E-state index in [4.69, 9.17) is 0 Å². The SMILES string of the molecule is Cl.O=C([C@H]1CCCCN1)N1CCc2nc(-c3ccccc3)nn2CC1. The van der Waals surface area contributed by atoms with Crippen molar-refractivity contribution >= 4 is 18.3 Å². The molecule has 3 heterocycles. The molecule has 1 amide bonds. The zero-order valence-corrected chi connectivity index (χ0v) is 15.0. The summed E-state index contributed by atoms with van der Waals surface area (Å²) in [6.45, 7) is 3.10. The van der Waals surface area contributed by atoms with Crippen LogP contribution in [-0.4, -0.2) is 51.2 Å². The number of carbonyl (C=O) groups is 1. The van der Waals surface area contributed by atoms with Crippen LogP contribution in [0, 0.1) is 0 Å². The molecule has 0 unspecified atom stereocenters. The fraction of sp³-hybridized carbons (Fsp3) is 0.500. The topological polar surface area (TPSA) is 63.1 Å². The van der Waals surface area contributed by atoms with Crippen LogP contribution in [0.2, 0.25) is 0 Å². The molecule has 2 aromatic rings. The van der Waals surface area contributed by atoms with Crippen molar-refractivity contribution in [2.24, 2.45) is 0 Å². The third kappa shape index (κ3) is 3.85. The first kappa shape index (κ1) is 17.9. The van der Waals surface area contributed by atoms with E-state index in [9.17, 15) is 4.79 Å². The van der Waals surface area contributed by atoms with Gasteiger partial charge < -0.3 is 10.2 Å². The molecule has 2 aliphatic heterocycles. The molecule has 25 heavy (non-hydrogen) atoms. The summed E-state index contributed by atoms with van der Waals surface area (Å²) in [6, 6.07) is 10.0. The van der Waals surface area contributed by atoms with Crippen LogP contribution >= 0.6 is 12.4 Å². The average Bonchev–Trinajstić information content (AvgIpc) is 2.96. The molecule has 2 aliphatic rings. The van der Waals surface area contributed by atoms with Gasteiger partial charge in [0.2, 0.25) is 5.91 Å². The summed E-state index contributed by atoms with van der Waals surface area (Å²) in [5, 5.41) is 7.99. The second kappa shape index (κ2) is 7.97. The maximum Gasteiger partial charge on any atom is 0.239 e. The van der Waals surface area contributed by atoms with Crippen LogP contribution in [0.25, 0.3) is 11.4 Å². The molecule has 0 radical (unpaired) electrons. The van der Waals surface area contributed by atoms with Gasteiger partial charge in [0.05, 0.1) is 12.6 Å². The van der Waals surface area contributed by atoms with E-state index in [-0.39, 0.29) is 24.4 Å². The van der Waals surface area contributed by atoms with Crippen molar-refractivity contribution in [2.75, 3.05) is 19.6 Å². The van der Waals surface area contributed by atoms with Crippen LogP contribution in [0.5, 0.6) is 0 Å². The normalized spacial score (nSPS) is 20.3. The molecule has 6 nitrogen and oxygen atoms in total. The fourth-order valence-electron chi connectivity index (χ4n) is 3.51. The minimum absolute atomic E-state index is 0. The van der Waals surface area contributed by atoms with Crippen molar-refractivity contribution in [3.63, 3.8) is 0 Å². The first-order valence-electron chi connectivity index (χ1n) is 8.82. The molecule has 0 spiro atoms. The molecule has 1 aromatic carbocycles. The minimum atomic E-state index is -0.00277. The Hall–Kier alpha value is -1.92. The van der Waals surface area contributed by atoms with Crippen LogP contribution in [-0.2, 0) is 17.8 Å². The Bertz CT molecular complexity index is 686. The third-order valence-corrected chi connectivity index (χ3v) is 4.89. The van der Waals surface area contributed by atoms with Crippen LogP contribution in [0.1, 0.15) is 25.1 Å².